The average molecular weight is 285 g/mol. The van der Waals surface area contributed by atoms with Gasteiger partial charge in [-0.2, -0.15) is 0 Å². The third kappa shape index (κ3) is 4.20. The van der Waals surface area contributed by atoms with Crippen LogP contribution in [0.1, 0.15) is 61.3 Å². The highest BCUT2D eigenvalue weighted by Gasteiger charge is 2.49. The van der Waals surface area contributed by atoms with Gasteiger partial charge >= 0.3 is 6.09 Å². The van der Waals surface area contributed by atoms with E-state index in [1.807, 2.05) is 41.5 Å². The number of hydrogen-bond acceptors (Lipinski definition) is 4. The zero-order valence-corrected chi connectivity index (χ0v) is 13.6. The summed E-state index contributed by atoms with van der Waals surface area (Å²) in [6.07, 6.45) is 0.532. The summed E-state index contributed by atoms with van der Waals surface area (Å²) in [7, 11) is 0. The number of Topliss-reactive ketones (excluding diaryl/α,β-unsaturated/α-hetero) is 1. The van der Waals surface area contributed by atoms with Crippen molar-refractivity contribution >= 4 is 11.9 Å². The number of ether oxygens (including phenoxy) is 2. The Bertz CT molecular complexity index is 384. The molecule has 2 atom stereocenters. The van der Waals surface area contributed by atoms with E-state index in [-0.39, 0.29) is 24.0 Å². The number of hydrogen-bond donors (Lipinski definition) is 0. The van der Waals surface area contributed by atoms with E-state index in [0.717, 1.165) is 0 Å². The van der Waals surface area contributed by atoms with Gasteiger partial charge in [0, 0.05) is 6.42 Å². The fourth-order valence-corrected chi connectivity index (χ4v) is 2.58. The molecule has 20 heavy (non-hydrogen) atoms. The Morgan fingerprint density at radius 1 is 1.30 bits per heavy atom. The Hall–Kier alpha value is -1.10. The fourth-order valence-electron chi connectivity index (χ4n) is 2.58. The number of amides is 1. The van der Waals surface area contributed by atoms with Crippen LogP contribution in [0.25, 0.3) is 0 Å². The third-order valence-electron chi connectivity index (χ3n) is 3.31. The van der Waals surface area contributed by atoms with E-state index in [4.69, 9.17) is 9.47 Å². The molecule has 1 amide bonds. The molecular formula is C15H27NO4. The molecule has 1 fully saturated rings. The summed E-state index contributed by atoms with van der Waals surface area (Å²) in [5.74, 6) is 0.117. The zero-order chi connectivity index (χ0) is 15.7. The highest BCUT2D eigenvalue weighted by molar-refractivity contribution is 5.75. The minimum atomic E-state index is -0.719. The first-order valence-corrected chi connectivity index (χ1v) is 7.13. The highest BCUT2D eigenvalue weighted by atomic mass is 16.6. The summed E-state index contributed by atoms with van der Waals surface area (Å²) in [6, 6.07) is -0.135. The third-order valence-corrected chi connectivity index (χ3v) is 3.31. The molecular weight excluding hydrogens is 258 g/mol. The van der Waals surface area contributed by atoms with Crippen molar-refractivity contribution in [1.82, 2.24) is 4.90 Å². The molecule has 1 rings (SSSR count). The SMILES string of the molecule is CC(=O)CC[C@@H]1[C@@H](C)OC(C)(C)N1C(=O)OC(C)(C)C. The molecule has 1 heterocycles. The van der Waals surface area contributed by atoms with Crippen molar-refractivity contribution < 1.29 is 19.1 Å². The van der Waals surface area contributed by atoms with Crippen molar-refractivity contribution in [2.24, 2.45) is 0 Å². The molecule has 0 aromatic heterocycles. The predicted molar refractivity (Wildman–Crippen MR) is 76.4 cm³/mol. The van der Waals surface area contributed by atoms with Crippen molar-refractivity contribution in [3.8, 4) is 0 Å². The summed E-state index contributed by atoms with van der Waals surface area (Å²) in [5.41, 5.74) is -1.27. The Kier molecular flexibility index (Phi) is 4.85. The molecule has 5 heteroatoms. The Balaban J connectivity index is 2.90. The van der Waals surface area contributed by atoms with Gasteiger partial charge in [0.25, 0.3) is 0 Å². The number of rotatable bonds is 3. The van der Waals surface area contributed by atoms with Gasteiger partial charge in [-0.05, 0) is 54.9 Å². The van der Waals surface area contributed by atoms with Gasteiger partial charge in [0.1, 0.15) is 17.1 Å². The van der Waals surface area contributed by atoms with Crippen LogP contribution in [0.2, 0.25) is 0 Å². The minimum Gasteiger partial charge on any atom is -0.444 e. The first-order chi connectivity index (χ1) is 8.94. The highest BCUT2D eigenvalue weighted by Crippen LogP contribution is 2.35. The van der Waals surface area contributed by atoms with Crippen LogP contribution in [0.5, 0.6) is 0 Å². The molecule has 0 bridgehead atoms. The second-order valence-electron chi connectivity index (χ2n) is 6.93. The fraction of sp³-hybridized carbons (Fsp3) is 0.867. The molecule has 1 aliphatic rings. The molecule has 0 aromatic carbocycles. The van der Waals surface area contributed by atoms with E-state index in [9.17, 15) is 9.59 Å². The van der Waals surface area contributed by atoms with Crippen LogP contribution in [0.15, 0.2) is 0 Å². The van der Waals surface area contributed by atoms with Crippen molar-refractivity contribution in [3.05, 3.63) is 0 Å². The van der Waals surface area contributed by atoms with Gasteiger partial charge in [-0.1, -0.05) is 0 Å². The standard InChI is InChI=1S/C15H27NO4/c1-10(17)8-9-12-11(2)19-15(6,7)16(12)13(18)20-14(3,4)5/h11-12H,8-9H2,1-7H3/t11-,12-/m1/s1. The van der Waals surface area contributed by atoms with Gasteiger partial charge in [0.2, 0.25) is 0 Å². The van der Waals surface area contributed by atoms with Gasteiger partial charge in [-0.15, -0.1) is 0 Å². The molecule has 0 unspecified atom stereocenters. The number of carbonyl (C=O) groups excluding carboxylic acids is 2. The lowest BCUT2D eigenvalue weighted by Gasteiger charge is -2.35. The Labute approximate surface area is 121 Å². The maximum atomic E-state index is 12.4. The smallest absolute Gasteiger partial charge is 0.412 e. The molecule has 116 valence electrons. The van der Waals surface area contributed by atoms with Crippen LogP contribution in [0.4, 0.5) is 4.79 Å². The van der Waals surface area contributed by atoms with Crippen molar-refractivity contribution in [2.75, 3.05) is 0 Å². The molecule has 1 aliphatic heterocycles. The van der Waals surface area contributed by atoms with Crippen LogP contribution >= 0.6 is 0 Å². The van der Waals surface area contributed by atoms with Crippen LogP contribution in [0.3, 0.4) is 0 Å². The first-order valence-electron chi connectivity index (χ1n) is 7.13. The second kappa shape index (κ2) is 5.72. The largest absolute Gasteiger partial charge is 0.444 e. The molecule has 0 spiro atoms. The van der Waals surface area contributed by atoms with E-state index in [1.54, 1.807) is 11.8 Å². The van der Waals surface area contributed by atoms with Gasteiger partial charge in [-0.25, -0.2) is 4.79 Å². The van der Waals surface area contributed by atoms with E-state index in [2.05, 4.69) is 0 Å². The van der Waals surface area contributed by atoms with Crippen LogP contribution in [-0.4, -0.2) is 40.2 Å². The predicted octanol–water partition coefficient (Wildman–Crippen LogP) is 3.12. The minimum absolute atomic E-state index is 0.114. The van der Waals surface area contributed by atoms with Crippen molar-refractivity contribution in [2.45, 2.75) is 84.8 Å². The number of nitrogens with zero attached hydrogens (tertiary/aromatic N) is 1. The Morgan fingerprint density at radius 2 is 1.85 bits per heavy atom. The van der Waals surface area contributed by atoms with Gasteiger partial charge in [0.05, 0.1) is 12.1 Å². The lowest BCUT2D eigenvalue weighted by atomic mass is 10.0. The van der Waals surface area contributed by atoms with Crippen LogP contribution in [-0.2, 0) is 14.3 Å². The molecule has 0 aliphatic carbocycles. The molecule has 1 saturated heterocycles. The van der Waals surface area contributed by atoms with Crippen LogP contribution < -0.4 is 0 Å². The normalized spacial score (nSPS) is 25.6. The lowest BCUT2D eigenvalue weighted by Crippen LogP contribution is -2.50. The maximum Gasteiger partial charge on any atom is 0.412 e. The Morgan fingerprint density at radius 3 is 2.30 bits per heavy atom. The van der Waals surface area contributed by atoms with E-state index >= 15 is 0 Å². The summed E-state index contributed by atoms with van der Waals surface area (Å²) >= 11 is 0. The van der Waals surface area contributed by atoms with Gasteiger partial charge < -0.3 is 14.3 Å². The summed E-state index contributed by atoms with van der Waals surface area (Å²) in [4.78, 5) is 25.2. The molecule has 0 aromatic rings. The van der Waals surface area contributed by atoms with Crippen molar-refractivity contribution in [1.29, 1.82) is 0 Å². The maximum absolute atomic E-state index is 12.4. The molecule has 0 saturated carbocycles. The summed E-state index contributed by atoms with van der Waals surface area (Å²) in [6.45, 7) is 12.7. The summed E-state index contributed by atoms with van der Waals surface area (Å²) < 4.78 is 11.3. The van der Waals surface area contributed by atoms with E-state index in [0.29, 0.717) is 12.8 Å². The topological polar surface area (TPSA) is 55.8 Å². The molecule has 5 nitrogen and oxygen atoms in total. The quantitative estimate of drug-likeness (QED) is 0.799. The molecule has 0 radical (unpaired) electrons. The monoisotopic (exact) mass is 285 g/mol. The van der Waals surface area contributed by atoms with Crippen molar-refractivity contribution in [3.63, 3.8) is 0 Å². The van der Waals surface area contributed by atoms with E-state index < -0.39 is 11.3 Å². The molecule has 0 N–H and O–H groups in total. The number of carbonyl (C=O) groups is 2. The first kappa shape index (κ1) is 17.0. The summed E-state index contributed by atoms with van der Waals surface area (Å²) in [5, 5.41) is 0. The van der Waals surface area contributed by atoms with Gasteiger partial charge in [0.15, 0.2) is 0 Å². The average Bonchev–Trinajstić information content (AvgIpc) is 2.41. The number of ketones is 1. The van der Waals surface area contributed by atoms with E-state index in [1.165, 1.54) is 0 Å². The second-order valence-corrected chi connectivity index (χ2v) is 6.93. The zero-order valence-electron chi connectivity index (χ0n) is 13.6. The van der Waals surface area contributed by atoms with Crippen LogP contribution in [0, 0.1) is 0 Å². The van der Waals surface area contributed by atoms with Gasteiger partial charge in [-0.3, -0.25) is 4.90 Å². The lowest BCUT2D eigenvalue weighted by molar-refractivity contribution is -0.117.